The van der Waals surface area contributed by atoms with Crippen molar-refractivity contribution in [2.75, 3.05) is 20.8 Å². The fourth-order valence-electron chi connectivity index (χ4n) is 3.09. The monoisotopic (exact) mass is 298 g/mol. The van der Waals surface area contributed by atoms with Crippen molar-refractivity contribution < 1.29 is 9.47 Å². The van der Waals surface area contributed by atoms with Crippen LogP contribution < -0.4 is 14.8 Å². The highest BCUT2D eigenvalue weighted by atomic mass is 16.5. The maximum absolute atomic E-state index is 5.48. The molecule has 1 aromatic heterocycles. The van der Waals surface area contributed by atoms with Gasteiger partial charge in [-0.25, -0.2) is 0 Å². The van der Waals surface area contributed by atoms with E-state index in [1.807, 2.05) is 18.3 Å². The Balaban J connectivity index is 2.17. The van der Waals surface area contributed by atoms with Crippen LogP contribution in [-0.4, -0.2) is 25.7 Å². The molecule has 1 N–H and O–H groups in total. The predicted molar refractivity (Wildman–Crippen MR) is 86.7 cm³/mol. The zero-order chi connectivity index (χ0) is 15.7. The second-order valence-corrected chi connectivity index (χ2v) is 6.25. The Morgan fingerprint density at radius 2 is 1.86 bits per heavy atom. The summed E-state index contributed by atoms with van der Waals surface area (Å²) in [6.07, 6.45) is 1.83. The largest absolute Gasteiger partial charge is 0.493 e. The minimum atomic E-state index is 0.0279. The number of hydrogen-bond acceptors (Lipinski definition) is 4. The molecule has 0 bridgehead atoms. The highest BCUT2D eigenvalue weighted by Gasteiger charge is 2.34. The minimum Gasteiger partial charge on any atom is -0.493 e. The molecule has 116 valence electrons. The van der Waals surface area contributed by atoms with Gasteiger partial charge in [0.2, 0.25) is 0 Å². The quantitative estimate of drug-likeness (QED) is 0.946. The van der Waals surface area contributed by atoms with E-state index in [0.29, 0.717) is 0 Å². The molecule has 2 aromatic rings. The first-order valence-electron chi connectivity index (χ1n) is 7.47. The van der Waals surface area contributed by atoms with E-state index >= 15 is 0 Å². The smallest absolute Gasteiger partial charge is 0.161 e. The van der Waals surface area contributed by atoms with Crippen molar-refractivity contribution in [3.05, 3.63) is 53.3 Å². The lowest BCUT2D eigenvalue weighted by molar-refractivity contribution is 0.346. The number of methoxy groups -OCH3 is 2. The van der Waals surface area contributed by atoms with Gasteiger partial charge < -0.3 is 14.8 Å². The molecular formula is C18H22N2O2. The summed E-state index contributed by atoms with van der Waals surface area (Å²) in [5, 5.41) is 3.61. The number of ether oxygens (including phenoxy) is 2. The van der Waals surface area contributed by atoms with Crippen LogP contribution in [0.25, 0.3) is 0 Å². The predicted octanol–water partition coefficient (Wildman–Crippen LogP) is 3.07. The van der Waals surface area contributed by atoms with Crippen molar-refractivity contribution in [1.82, 2.24) is 10.3 Å². The summed E-state index contributed by atoms with van der Waals surface area (Å²) in [5.74, 6) is 1.53. The fraction of sp³-hybridized carbons (Fsp3) is 0.389. The number of pyridine rings is 1. The maximum Gasteiger partial charge on any atom is 0.161 e. The first-order valence-corrected chi connectivity index (χ1v) is 7.47. The second-order valence-electron chi connectivity index (χ2n) is 6.25. The number of nitrogens with zero attached hydrogens (tertiary/aromatic N) is 1. The Bertz CT molecular complexity index is 668. The van der Waals surface area contributed by atoms with Crippen LogP contribution in [0.15, 0.2) is 36.5 Å². The molecule has 0 radical (unpaired) electrons. The molecule has 2 heterocycles. The average molecular weight is 298 g/mol. The number of nitrogens with one attached hydrogen (secondary N) is 1. The van der Waals surface area contributed by atoms with Crippen molar-refractivity contribution in [2.45, 2.75) is 25.3 Å². The molecule has 4 nitrogen and oxygen atoms in total. The van der Waals surface area contributed by atoms with Gasteiger partial charge in [0, 0.05) is 18.2 Å². The second kappa shape index (κ2) is 5.61. The van der Waals surface area contributed by atoms with Gasteiger partial charge >= 0.3 is 0 Å². The first kappa shape index (κ1) is 14.9. The lowest BCUT2D eigenvalue weighted by Crippen LogP contribution is -2.42. The van der Waals surface area contributed by atoms with E-state index in [-0.39, 0.29) is 11.5 Å². The molecule has 1 atom stereocenters. The van der Waals surface area contributed by atoms with Crippen LogP contribution in [0.5, 0.6) is 11.5 Å². The highest BCUT2D eigenvalue weighted by molar-refractivity contribution is 5.53. The van der Waals surface area contributed by atoms with E-state index in [1.165, 1.54) is 11.1 Å². The van der Waals surface area contributed by atoms with Gasteiger partial charge in [-0.15, -0.1) is 0 Å². The van der Waals surface area contributed by atoms with E-state index in [4.69, 9.17) is 9.47 Å². The number of rotatable bonds is 3. The van der Waals surface area contributed by atoms with E-state index in [2.05, 4.69) is 42.3 Å². The number of fused-ring (bicyclic) bond motifs is 1. The Hall–Kier alpha value is -2.07. The molecule has 0 saturated heterocycles. The van der Waals surface area contributed by atoms with Crippen LogP contribution in [0, 0.1) is 0 Å². The minimum absolute atomic E-state index is 0.0279. The third-order valence-corrected chi connectivity index (χ3v) is 4.33. The fourth-order valence-corrected chi connectivity index (χ4v) is 3.09. The molecule has 0 amide bonds. The normalized spacial score (nSPS) is 19.4. The molecule has 1 aliphatic rings. The number of benzene rings is 1. The number of aromatic nitrogens is 1. The van der Waals surface area contributed by atoms with Gasteiger partial charge in [0.1, 0.15) is 0 Å². The molecule has 1 aliphatic heterocycles. The van der Waals surface area contributed by atoms with Crippen molar-refractivity contribution in [3.8, 4) is 11.5 Å². The van der Waals surface area contributed by atoms with E-state index in [9.17, 15) is 0 Å². The van der Waals surface area contributed by atoms with E-state index < -0.39 is 0 Å². The van der Waals surface area contributed by atoms with Crippen LogP contribution in [0.2, 0.25) is 0 Å². The molecule has 0 fully saturated rings. The SMILES string of the molecule is COc1cc2c(cc1OC)C(C)(C)CNC2c1ccccn1. The van der Waals surface area contributed by atoms with Gasteiger partial charge in [-0.3, -0.25) is 4.98 Å². The van der Waals surface area contributed by atoms with Crippen LogP contribution >= 0.6 is 0 Å². The van der Waals surface area contributed by atoms with Gasteiger partial charge in [0.25, 0.3) is 0 Å². The Labute approximate surface area is 131 Å². The standard InChI is InChI=1S/C18H22N2O2/c1-18(2)11-20-17(14-7-5-6-8-19-14)12-9-15(21-3)16(22-4)10-13(12)18/h5-10,17,20H,11H2,1-4H3. The molecule has 22 heavy (non-hydrogen) atoms. The summed E-state index contributed by atoms with van der Waals surface area (Å²) in [7, 11) is 3.34. The highest BCUT2D eigenvalue weighted by Crippen LogP contribution is 2.42. The van der Waals surface area contributed by atoms with Crippen molar-refractivity contribution >= 4 is 0 Å². The van der Waals surface area contributed by atoms with E-state index in [1.54, 1.807) is 14.2 Å². The Kier molecular flexibility index (Phi) is 3.79. The van der Waals surface area contributed by atoms with Crippen LogP contribution in [0.1, 0.15) is 36.7 Å². The molecular weight excluding hydrogens is 276 g/mol. The average Bonchev–Trinajstić information content (AvgIpc) is 2.54. The zero-order valence-electron chi connectivity index (χ0n) is 13.5. The number of hydrogen-bond donors (Lipinski definition) is 1. The van der Waals surface area contributed by atoms with Crippen LogP contribution in [0.4, 0.5) is 0 Å². The zero-order valence-corrected chi connectivity index (χ0v) is 13.5. The van der Waals surface area contributed by atoms with Crippen molar-refractivity contribution in [3.63, 3.8) is 0 Å². The lowest BCUT2D eigenvalue weighted by atomic mass is 9.76. The first-order chi connectivity index (χ1) is 10.6. The molecule has 3 rings (SSSR count). The molecule has 1 unspecified atom stereocenters. The van der Waals surface area contributed by atoms with Crippen molar-refractivity contribution in [2.24, 2.45) is 0 Å². The third-order valence-electron chi connectivity index (χ3n) is 4.33. The lowest BCUT2D eigenvalue weighted by Gasteiger charge is -2.38. The molecule has 4 heteroatoms. The van der Waals surface area contributed by atoms with Crippen molar-refractivity contribution in [1.29, 1.82) is 0 Å². The maximum atomic E-state index is 5.48. The van der Waals surface area contributed by atoms with E-state index in [0.717, 1.165) is 23.7 Å². The van der Waals surface area contributed by atoms with Crippen LogP contribution in [0.3, 0.4) is 0 Å². The molecule has 1 aromatic carbocycles. The van der Waals surface area contributed by atoms with Gasteiger partial charge in [-0.1, -0.05) is 19.9 Å². The molecule has 0 saturated carbocycles. The van der Waals surface area contributed by atoms with Gasteiger partial charge in [0.05, 0.1) is 26.0 Å². The summed E-state index contributed by atoms with van der Waals surface area (Å²) in [6.45, 7) is 5.36. The van der Waals surface area contributed by atoms with Gasteiger partial charge in [-0.2, -0.15) is 0 Å². The van der Waals surface area contributed by atoms with Gasteiger partial charge in [0.15, 0.2) is 11.5 Å². The topological polar surface area (TPSA) is 43.4 Å². The third kappa shape index (κ3) is 2.44. The Morgan fingerprint density at radius 3 is 2.50 bits per heavy atom. The summed E-state index contributed by atoms with van der Waals surface area (Å²) < 4.78 is 11.0. The summed E-state index contributed by atoms with van der Waals surface area (Å²) in [4.78, 5) is 4.51. The summed E-state index contributed by atoms with van der Waals surface area (Å²) in [6, 6.07) is 10.3. The summed E-state index contributed by atoms with van der Waals surface area (Å²) in [5.41, 5.74) is 3.53. The van der Waals surface area contributed by atoms with Gasteiger partial charge in [-0.05, 0) is 35.4 Å². The Morgan fingerprint density at radius 1 is 1.14 bits per heavy atom. The molecule has 0 spiro atoms. The summed E-state index contributed by atoms with van der Waals surface area (Å²) >= 11 is 0. The molecule has 0 aliphatic carbocycles. The van der Waals surface area contributed by atoms with Crippen LogP contribution in [-0.2, 0) is 5.41 Å².